The number of rotatable bonds is 7. The van der Waals surface area contributed by atoms with E-state index in [1.54, 1.807) is 11.0 Å². The van der Waals surface area contributed by atoms with Crippen LogP contribution in [0.15, 0.2) is 23.1 Å². The number of anilines is 1. The first-order valence-electron chi connectivity index (χ1n) is 10.6. The predicted molar refractivity (Wildman–Crippen MR) is 114 cm³/mol. The zero-order valence-corrected chi connectivity index (χ0v) is 18.5. The zero-order chi connectivity index (χ0) is 21.7. The number of carbonyl (C=O) groups excluding carboxylic acids is 2. The molecule has 0 radical (unpaired) electrons. The summed E-state index contributed by atoms with van der Waals surface area (Å²) in [5, 5.41) is 2.94. The summed E-state index contributed by atoms with van der Waals surface area (Å²) < 4.78 is 33.8. The second-order valence-corrected chi connectivity index (χ2v) is 9.78. The number of hydrogen-bond acceptors (Lipinski definition) is 5. The number of ether oxygens (including phenoxy) is 1. The van der Waals surface area contributed by atoms with Crippen LogP contribution in [-0.2, 0) is 19.6 Å². The third-order valence-corrected chi connectivity index (χ3v) is 7.23. The number of hydrogen-bond donors (Lipinski definition) is 2. The van der Waals surface area contributed by atoms with Crippen LogP contribution < -0.4 is 19.7 Å². The molecule has 1 heterocycles. The summed E-state index contributed by atoms with van der Waals surface area (Å²) in [4.78, 5) is 25.5. The molecule has 1 aromatic rings. The fourth-order valence-electron chi connectivity index (χ4n) is 4.03. The smallest absolute Gasteiger partial charge is 0.240 e. The van der Waals surface area contributed by atoms with Crippen LogP contribution in [-0.4, -0.2) is 46.5 Å². The highest BCUT2D eigenvalue weighted by Crippen LogP contribution is 2.34. The van der Waals surface area contributed by atoms with E-state index in [4.69, 9.17) is 4.74 Å². The van der Waals surface area contributed by atoms with Crippen molar-refractivity contribution in [2.45, 2.75) is 50.8 Å². The van der Waals surface area contributed by atoms with E-state index < -0.39 is 10.0 Å². The van der Waals surface area contributed by atoms with Crippen molar-refractivity contribution >= 4 is 27.5 Å². The molecule has 8 nitrogen and oxygen atoms in total. The van der Waals surface area contributed by atoms with Gasteiger partial charge in [0.05, 0.1) is 17.1 Å². The van der Waals surface area contributed by atoms with Crippen LogP contribution in [0.4, 0.5) is 5.69 Å². The van der Waals surface area contributed by atoms with Crippen LogP contribution in [0.1, 0.15) is 46.0 Å². The van der Waals surface area contributed by atoms with Crippen LogP contribution in [0.2, 0.25) is 0 Å². The zero-order valence-electron chi connectivity index (χ0n) is 17.6. The number of benzene rings is 1. The van der Waals surface area contributed by atoms with E-state index in [9.17, 15) is 18.0 Å². The Balaban J connectivity index is 1.56. The Hall–Kier alpha value is -2.13. The standard InChI is InChI=1S/C21H31N3O5S/c1-3-10-22-21(26)17-6-4-16(5-7-17)14-23-30(27,28)18-8-9-19-20(13-18)29-12-11-24(19)15(2)25/h8-9,13,16-17,23H,3-7,10-12,14H2,1-2H3,(H,22,26). The second kappa shape index (κ2) is 9.78. The van der Waals surface area contributed by atoms with Crippen molar-refractivity contribution in [1.82, 2.24) is 10.0 Å². The minimum Gasteiger partial charge on any atom is -0.489 e. The van der Waals surface area contributed by atoms with E-state index in [1.165, 1.54) is 19.1 Å². The van der Waals surface area contributed by atoms with Gasteiger partial charge in [0.2, 0.25) is 21.8 Å². The lowest BCUT2D eigenvalue weighted by Gasteiger charge is -2.29. The number of carbonyl (C=O) groups is 2. The van der Waals surface area contributed by atoms with E-state index in [1.807, 2.05) is 6.92 Å². The number of sulfonamides is 1. The topological polar surface area (TPSA) is 105 Å². The maximum atomic E-state index is 12.8. The summed E-state index contributed by atoms with van der Waals surface area (Å²) in [5.74, 6) is 0.665. The third kappa shape index (κ3) is 5.31. The minimum absolute atomic E-state index is 0.0337. The Morgan fingerprint density at radius 1 is 1.20 bits per heavy atom. The summed E-state index contributed by atoms with van der Waals surface area (Å²) in [6.45, 7) is 5.33. The summed E-state index contributed by atoms with van der Waals surface area (Å²) >= 11 is 0. The first-order chi connectivity index (χ1) is 14.3. The molecule has 166 valence electrons. The molecule has 0 saturated heterocycles. The Morgan fingerprint density at radius 2 is 1.93 bits per heavy atom. The first kappa shape index (κ1) is 22.6. The molecule has 2 aliphatic rings. The van der Waals surface area contributed by atoms with Crippen LogP contribution in [0.25, 0.3) is 0 Å². The van der Waals surface area contributed by atoms with Gasteiger partial charge in [-0.15, -0.1) is 0 Å². The van der Waals surface area contributed by atoms with E-state index in [2.05, 4.69) is 10.0 Å². The maximum Gasteiger partial charge on any atom is 0.240 e. The molecular formula is C21H31N3O5S. The monoisotopic (exact) mass is 437 g/mol. The van der Waals surface area contributed by atoms with Crippen LogP contribution >= 0.6 is 0 Å². The van der Waals surface area contributed by atoms with Crippen molar-refractivity contribution in [3.8, 4) is 5.75 Å². The summed E-state index contributed by atoms with van der Waals surface area (Å²) in [6, 6.07) is 4.59. The Bertz CT molecular complexity index is 879. The van der Waals surface area contributed by atoms with Gasteiger partial charge >= 0.3 is 0 Å². The van der Waals surface area contributed by atoms with Crippen molar-refractivity contribution < 1.29 is 22.7 Å². The Morgan fingerprint density at radius 3 is 2.60 bits per heavy atom. The lowest BCUT2D eigenvalue weighted by atomic mass is 9.81. The number of fused-ring (bicyclic) bond motifs is 1. The van der Waals surface area contributed by atoms with Crippen LogP contribution in [0, 0.1) is 11.8 Å². The average molecular weight is 438 g/mol. The Labute approximate surface area is 178 Å². The quantitative estimate of drug-likeness (QED) is 0.679. The summed E-state index contributed by atoms with van der Waals surface area (Å²) in [5.41, 5.74) is 0.590. The lowest BCUT2D eigenvalue weighted by molar-refractivity contribution is -0.126. The first-order valence-corrected chi connectivity index (χ1v) is 12.1. The van der Waals surface area contributed by atoms with Gasteiger partial charge in [-0.05, 0) is 50.2 Å². The van der Waals surface area contributed by atoms with Gasteiger partial charge in [0.25, 0.3) is 0 Å². The molecule has 1 aromatic carbocycles. The minimum atomic E-state index is -3.69. The highest BCUT2D eigenvalue weighted by Gasteiger charge is 2.28. The maximum absolute atomic E-state index is 12.8. The molecule has 30 heavy (non-hydrogen) atoms. The fourth-order valence-corrected chi connectivity index (χ4v) is 5.16. The molecule has 0 atom stereocenters. The van der Waals surface area contributed by atoms with Crippen molar-refractivity contribution in [2.24, 2.45) is 11.8 Å². The molecule has 2 N–H and O–H groups in total. The molecule has 0 spiro atoms. The van der Waals surface area contributed by atoms with E-state index in [0.29, 0.717) is 37.7 Å². The summed E-state index contributed by atoms with van der Waals surface area (Å²) in [7, 11) is -3.69. The van der Waals surface area contributed by atoms with Gasteiger partial charge in [0.1, 0.15) is 12.4 Å². The fraction of sp³-hybridized carbons (Fsp3) is 0.619. The SMILES string of the molecule is CCCNC(=O)C1CCC(CNS(=O)(=O)c2ccc3c(c2)OCCN3C(C)=O)CC1. The molecule has 3 rings (SSSR count). The van der Waals surface area contributed by atoms with Crippen LogP contribution in [0.3, 0.4) is 0 Å². The van der Waals surface area contributed by atoms with Crippen molar-refractivity contribution in [2.75, 3.05) is 31.1 Å². The highest BCUT2D eigenvalue weighted by atomic mass is 32.2. The molecule has 2 amide bonds. The molecule has 9 heteroatoms. The highest BCUT2D eigenvalue weighted by molar-refractivity contribution is 7.89. The molecular weight excluding hydrogens is 406 g/mol. The van der Waals surface area contributed by atoms with Gasteiger partial charge < -0.3 is 15.0 Å². The van der Waals surface area contributed by atoms with Gasteiger partial charge in [-0.2, -0.15) is 0 Å². The Kier molecular flexibility index (Phi) is 7.36. The van der Waals surface area contributed by atoms with E-state index in [0.717, 1.165) is 32.1 Å². The summed E-state index contributed by atoms with van der Waals surface area (Å²) in [6.07, 6.45) is 4.15. The second-order valence-electron chi connectivity index (χ2n) is 8.01. The normalized spacial score (nSPS) is 21.5. The molecule has 1 fully saturated rings. The molecule has 1 aliphatic carbocycles. The average Bonchev–Trinajstić information content (AvgIpc) is 2.75. The number of amides is 2. The molecule has 0 aromatic heterocycles. The van der Waals surface area contributed by atoms with Gasteiger partial charge in [-0.25, -0.2) is 13.1 Å². The van der Waals surface area contributed by atoms with E-state index in [-0.39, 0.29) is 28.5 Å². The number of nitrogens with zero attached hydrogens (tertiary/aromatic N) is 1. The van der Waals surface area contributed by atoms with Gasteiger partial charge in [0, 0.05) is 32.0 Å². The van der Waals surface area contributed by atoms with Crippen molar-refractivity contribution in [3.05, 3.63) is 18.2 Å². The molecule has 0 bridgehead atoms. The molecule has 1 aliphatic heterocycles. The molecule has 1 saturated carbocycles. The predicted octanol–water partition coefficient (Wildman–Crippen LogP) is 2.04. The third-order valence-electron chi connectivity index (χ3n) is 5.81. The number of nitrogens with one attached hydrogen (secondary N) is 2. The van der Waals surface area contributed by atoms with Crippen molar-refractivity contribution in [1.29, 1.82) is 0 Å². The van der Waals surface area contributed by atoms with Crippen LogP contribution in [0.5, 0.6) is 5.75 Å². The van der Waals surface area contributed by atoms with Gasteiger partial charge in [-0.1, -0.05) is 6.92 Å². The van der Waals surface area contributed by atoms with Gasteiger partial charge in [-0.3, -0.25) is 9.59 Å². The largest absolute Gasteiger partial charge is 0.489 e. The van der Waals surface area contributed by atoms with Gasteiger partial charge in [0.15, 0.2) is 0 Å². The molecule has 0 unspecified atom stereocenters. The van der Waals surface area contributed by atoms with Crippen molar-refractivity contribution in [3.63, 3.8) is 0 Å². The lowest BCUT2D eigenvalue weighted by Crippen LogP contribution is -2.37. The van der Waals surface area contributed by atoms with E-state index >= 15 is 0 Å².